The number of allylic oxidation sites excluding steroid dienone is 1. The van der Waals surface area contributed by atoms with Gasteiger partial charge in [0, 0.05) is 18.1 Å². The van der Waals surface area contributed by atoms with E-state index in [-0.39, 0.29) is 0 Å². The predicted octanol–water partition coefficient (Wildman–Crippen LogP) is 2.02. The average molecular weight is 141 g/mol. The fourth-order valence-corrected chi connectivity index (χ4v) is 0.531. The fraction of sp³-hybridized carbons (Fsp3) is 0.429. The van der Waals surface area contributed by atoms with E-state index in [0.717, 1.165) is 19.4 Å². The van der Waals surface area contributed by atoms with Gasteiger partial charge in [-0.2, -0.15) is 0 Å². The van der Waals surface area contributed by atoms with Crippen LogP contribution in [0.25, 0.3) is 0 Å². The monoisotopic (exact) mass is 141 g/mol. The van der Waals surface area contributed by atoms with E-state index in [1.807, 2.05) is 6.08 Å². The highest BCUT2D eigenvalue weighted by Crippen LogP contribution is 1.87. The van der Waals surface area contributed by atoms with E-state index in [0.29, 0.717) is 0 Å². The maximum absolute atomic E-state index is 4.54. The molecule has 0 aliphatic carbocycles. The number of nitrogens with zero attached hydrogens (tertiary/aromatic N) is 1. The number of hydrogen-bond acceptors (Lipinski definition) is 2. The lowest BCUT2D eigenvalue weighted by Crippen LogP contribution is -1.80. The zero-order chi connectivity index (χ0) is 6.95. The summed E-state index contributed by atoms with van der Waals surface area (Å²) in [6.45, 7) is 4.46. The van der Waals surface area contributed by atoms with Crippen LogP contribution < -0.4 is 0 Å². The number of thiocarbonyl (C=S) groups is 1. The molecule has 9 heavy (non-hydrogen) atoms. The molecule has 0 aromatic rings. The van der Waals surface area contributed by atoms with Crippen LogP contribution in [-0.4, -0.2) is 18.1 Å². The molecule has 0 spiro atoms. The fourth-order valence-electron chi connectivity index (χ4n) is 0.444. The lowest BCUT2D eigenvalue weighted by molar-refractivity contribution is 0.861. The second kappa shape index (κ2) is 7.50. The van der Waals surface area contributed by atoms with Crippen molar-refractivity contribution in [2.75, 3.05) is 6.54 Å². The lowest BCUT2D eigenvalue weighted by atomic mass is 10.3. The van der Waals surface area contributed by atoms with Gasteiger partial charge in [0.15, 0.2) is 0 Å². The normalized spacial score (nSPS) is 9.78. The first kappa shape index (κ1) is 8.50. The summed E-state index contributed by atoms with van der Waals surface area (Å²) in [5, 5.41) is 1.52. The Labute approximate surface area is 61.5 Å². The summed E-state index contributed by atoms with van der Waals surface area (Å²) in [5.41, 5.74) is 0. The minimum atomic E-state index is 0.860. The highest BCUT2D eigenvalue weighted by molar-refractivity contribution is 7.80. The van der Waals surface area contributed by atoms with Crippen LogP contribution in [0, 0.1) is 0 Å². The number of aliphatic imine (C=N–C) groups is 1. The van der Waals surface area contributed by atoms with Gasteiger partial charge in [-0.15, -0.1) is 6.58 Å². The molecule has 0 unspecified atom stereocenters. The summed E-state index contributed by atoms with van der Waals surface area (Å²) < 4.78 is 0. The number of rotatable bonds is 5. The second-order valence-electron chi connectivity index (χ2n) is 1.62. The van der Waals surface area contributed by atoms with E-state index in [9.17, 15) is 0 Å². The Bertz CT molecular complexity index is 107. The van der Waals surface area contributed by atoms with Gasteiger partial charge in [0.25, 0.3) is 0 Å². The standard InChI is InChI=1S/C7H11NS/c1-2-3-4-5-8-6-7-9/h2,6-7H,1,3-5H2. The molecular weight excluding hydrogens is 130 g/mol. The van der Waals surface area contributed by atoms with Crippen LogP contribution in [0.2, 0.25) is 0 Å². The van der Waals surface area contributed by atoms with Crippen molar-refractivity contribution in [2.45, 2.75) is 12.8 Å². The Kier molecular flexibility index (Phi) is 7.08. The molecule has 0 aromatic heterocycles. The van der Waals surface area contributed by atoms with Crippen LogP contribution in [0.1, 0.15) is 12.8 Å². The topological polar surface area (TPSA) is 12.4 Å². The van der Waals surface area contributed by atoms with Gasteiger partial charge in [0.05, 0.1) is 0 Å². The van der Waals surface area contributed by atoms with Crippen molar-refractivity contribution in [1.82, 2.24) is 0 Å². The first-order valence-corrected chi connectivity index (χ1v) is 3.43. The minimum absolute atomic E-state index is 0.860. The second-order valence-corrected chi connectivity index (χ2v) is 1.89. The molecule has 0 atom stereocenters. The van der Waals surface area contributed by atoms with Gasteiger partial charge >= 0.3 is 0 Å². The van der Waals surface area contributed by atoms with Crippen LogP contribution in [0.3, 0.4) is 0 Å². The molecule has 50 valence electrons. The molecule has 0 aromatic carbocycles. The molecule has 0 fully saturated rings. The number of hydrogen-bond donors (Lipinski definition) is 0. The summed E-state index contributed by atoms with van der Waals surface area (Å²) in [5.74, 6) is 0. The van der Waals surface area contributed by atoms with Crippen molar-refractivity contribution in [3.63, 3.8) is 0 Å². The first-order chi connectivity index (χ1) is 4.41. The summed E-state index contributed by atoms with van der Waals surface area (Å²) in [6.07, 6.45) is 5.66. The third-order valence-electron chi connectivity index (χ3n) is 0.862. The Balaban J connectivity index is 2.98. The van der Waals surface area contributed by atoms with Gasteiger partial charge < -0.3 is 0 Å². The van der Waals surface area contributed by atoms with Crippen molar-refractivity contribution >= 4 is 23.8 Å². The third-order valence-corrected chi connectivity index (χ3v) is 0.983. The van der Waals surface area contributed by atoms with Gasteiger partial charge in [-0.3, -0.25) is 4.99 Å². The number of unbranched alkanes of at least 4 members (excludes halogenated alkanes) is 1. The Hall–Kier alpha value is -0.500. The summed E-state index contributed by atoms with van der Waals surface area (Å²) in [6, 6.07) is 0. The molecule has 0 aliphatic heterocycles. The minimum Gasteiger partial charge on any atom is -0.292 e. The Morgan fingerprint density at radius 2 is 2.33 bits per heavy atom. The molecule has 0 heterocycles. The quantitative estimate of drug-likeness (QED) is 0.247. The van der Waals surface area contributed by atoms with Crippen LogP contribution in [-0.2, 0) is 0 Å². The molecule has 0 rings (SSSR count). The van der Waals surface area contributed by atoms with Gasteiger partial charge in [-0.25, -0.2) is 0 Å². The lowest BCUT2D eigenvalue weighted by Gasteiger charge is -1.86. The van der Waals surface area contributed by atoms with E-state index in [1.54, 1.807) is 6.21 Å². The van der Waals surface area contributed by atoms with Crippen molar-refractivity contribution < 1.29 is 0 Å². The smallest absolute Gasteiger partial charge is 0.0392 e. The van der Waals surface area contributed by atoms with E-state index in [4.69, 9.17) is 0 Å². The van der Waals surface area contributed by atoms with Gasteiger partial charge in [-0.1, -0.05) is 18.3 Å². The van der Waals surface area contributed by atoms with Crippen molar-refractivity contribution in [3.8, 4) is 0 Å². The largest absolute Gasteiger partial charge is 0.292 e. The van der Waals surface area contributed by atoms with Crippen LogP contribution in [0.15, 0.2) is 17.6 Å². The molecule has 1 nitrogen and oxygen atoms in total. The predicted molar refractivity (Wildman–Crippen MR) is 46.4 cm³/mol. The first-order valence-electron chi connectivity index (χ1n) is 2.96. The zero-order valence-corrected chi connectivity index (χ0v) is 6.23. The summed E-state index contributed by atoms with van der Waals surface area (Å²) in [7, 11) is 0. The molecule has 0 saturated carbocycles. The van der Waals surface area contributed by atoms with Crippen LogP contribution in [0.5, 0.6) is 0 Å². The maximum atomic E-state index is 4.54. The van der Waals surface area contributed by atoms with Gasteiger partial charge in [0.2, 0.25) is 0 Å². The highest BCUT2D eigenvalue weighted by atomic mass is 32.1. The molecule has 0 N–H and O–H groups in total. The highest BCUT2D eigenvalue weighted by Gasteiger charge is 1.76. The van der Waals surface area contributed by atoms with Gasteiger partial charge in [0.1, 0.15) is 0 Å². The molecule has 0 aliphatic rings. The maximum Gasteiger partial charge on any atom is 0.0392 e. The van der Waals surface area contributed by atoms with Crippen molar-refractivity contribution in [2.24, 2.45) is 4.99 Å². The SMILES string of the molecule is C=CCCCN=CC=S. The van der Waals surface area contributed by atoms with E-state index < -0.39 is 0 Å². The molecule has 0 amide bonds. The van der Waals surface area contributed by atoms with E-state index >= 15 is 0 Å². The Morgan fingerprint density at radius 1 is 1.56 bits per heavy atom. The Morgan fingerprint density at radius 3 is 2.89 bits per heavy atom. The van der Waals surface area contributed by atoms with Crippen molar-refractivity contribution in [1.29, 1.82) is 0 Å². The zero-order valence-electron chi connectivity index (χ0n) is 5.42. The van der Waals surface area contributed by atoms with Crippen molar-refractivity contribution in [3.05, 3.63) is 12.7 Å². The van der Waals surface area contributed by atoms with Gasteiger partial charge in [-0.05, 0) is 12.8 Å². The third kappa shape index (κ3) is 7.50. The summed E-state index contributed by atoms with van der Waals surface area (Å²) in [4.78, 5) is 3.99. The van der Waals surface area contributed by atoms with Crippen LogP contribution >= 0.6 is 12.2 Å². The molecular formula is C7H11NS. The summed E-state index contributed by atoms with van der Waals surface area (Å²) >= 11 is 4.54. The molecule has 2 heteroatoms. The van der Waals surface area contributed by atoms with E-state index in [2.05, 4.69) is 23.8 Å². The average Bonchev–Trinajstić information content (AvgIpc) is 1.89. The van der Waals surface area contributed by atoms with E-state index in [1.165, 1.54) is 5.37 Å². The molecule has 0 saturated heterocycles. The molecule has 0 bridgehead atoms. The molecule has 0 radical (unpaired) electrons. The van der Waals surface area contributed by atoms with Crippen LogP contribution in [0.4, 0.5) is 0 Å².